The minimum absolute atomic E-state index is 0.0482. The highest BCUT2D eigenvalue weighted by Crippen LogP contribution is 2.27. The van der Waals surface area contributed by atoms with Gasteiger partial charge in [0.2, 0.25) is 0 Å². The maximum absolute atomic E-state index is 10.8. The van der Waals surface area contributed by atoms with Crippen LogP contribution in [0.5, 0.6) is 0 Å². The Morgan fingerprint density at radius 2 is 2.00 bits per heavy atom. The number of hydrogen-bond donors (Lipinski definition) is 1. The molecule has 6 heteroatoms. The molecule has 0 aliphatic heterocycles. The van der Waals surface area contributed by atoms with Crippen LogP contribution in [0.1, 0.15) is 52.3 Å². The van der Waals surface area contributed by atoms with E-state index >= 15 is 0 Å². The number of likely N-dealkylation sites (N-methyl/N-ethyl adjacent to an activating group) is 1. The third-order valence-electron chi connectivity index (χ3n) is 3.57. The molecule has 0 aliphatic carbocycles. The molecule has 1 aromatic heterocycles. The highest BCUT2D eigenvalue weighted by atomic mass is 32.2. The van der Waals surface area contributed by atoms with E-state index in [-0.39, 0.29) is 11.8 Å². The second-order valence-electron chi connectivity index (χ2n) is 5.51. The molecule has 1 unspecified atom stereocenters. The zero-order chi connectivity index (χ0) is 16.0. The Labute approximate surface area is 131 Å². The summed E-state index contributed by atoms with van der Waals surface area (Å²) in [6.07, 6.45) is 1.88. The minimum Gasteiger partial charge on any atom is -0.481 e. The largest absolute Gasteiger partial charge is 0.481 e. The quantitative estimate of drug-likeness (QED) is 0.710. The summed E-state index contributed by atoms with van der Waals surface area (Å²) in [6.45, 7) is 13.8. The van der Waals surface area contributed by atoms with Crippen molar-refractivity contribution in [2.75, 3.05) is 25.4 Å². The van der Waals surface area contributed by atoms with Crippen molar-refractivity contribution in [2.24, 2.45) is 0 Å². The van der Waals surface area contributed by atoms with Gasteiger partial charge in [-0.2, -0.15) is 0 Å². The predicted octanol–water partition coefficient (Wildman–Crippen LogP) is 3.09. The topological polar surface area (TPSA) is 58.4 Å². The molecule has 1 aromatic rings. The third-order valence-corrected chi connectivity index (χ3v) is 4.52. The first-order valence-corrected chi connectivity index (χ1v) is 8.53. The SMILES string of the molecule is CCN(CC)CC(C)n1c(C(C)C)cnc1SCC(=O)O. The fraction of sp³-hybridized carbons (Fsp3) is 0.733. The molecular formula is C15H27N3O2S. The molecule has 21 heavy (non-hydrogen) atoms. The van der Waals surface area contributed by atoms with Gasteiger partial charge in [-0.05, 0) is 25.9 Å². The van der Waals surface area contributed by atoms with Gasteiger partial charge in [0.15, 0.2) is 5.16 Å². The number of carboxylic acids is 1. The molecule has 0 radical (unpaired) electrons. The Morgan fingerprint density at radius 3 is 2.48 bits per heavy atom. The van der Waals surface area contributed by atoms with Crippen LogP contribution in [0.2, 0.25) is 0 Å². The molecule has 0 fully saturated rings. The molecule has 0 aromatic carbocycles. The first-order chi connectivity index (χ1) is 9.90. The van der Waals surface area contributed by atoms with Crippen molar-refractivity contribution < 1.29 is 9.90 Å². The van der Waals surface area contributed by atoms with Crippen LogP contribution in [0, 0.1) is 0 Å². The van der Waals surface area contributed by atoms with E-state index in [0.717, 1.165) is 24.8 Å². The molecule has 0 saturated carbocycles. The van der Waals surface area contributed by atoms with Crippen molar-refractivity contribution in [3.63, 3.8) is 0 Å². The maximum atomic E-state index is 10.8. The van der Waals surface area contributed by atoms with E-state index in [4.69, 9.17) is 5.11 Å². The van der Waals surface area contributed by atoms with E-state index in [2.05, 4.69) is 49.1 Å². The molecule has 0 spiro atoms. The van der Waals surface area contributed by atoms with Gasteiger partial charge in [0.05, 0.1) is 5.75 Å². The van der Waals surface area contributed by atoms with Crippen molar-refractivity contribution in [2.45, 2.75) is 51.7 Å². The van der Waals surface area contributed by atoms with Crippen LogP contribution in [0.15, 0.2) is 11.4 Å². The number of thioether (sulfide) groups is 1. The average molecular weight is 313 g/mol. The number of imidazole rings is 1. The van der Waals surface area contributed by atoms with Crippen LogP contribution in [0.25, 0.3) is 0 Å². The molecule has 120 valence electrons. The van der Waals surface area contributed by atoms with Gasteiger partial charge in [-0.25, -0.2) is 4.98 Å². The van der Waals surface area contributed by atoms with E-state index in [9.17, 15) is 4.79 Å². The van der Waals surface area contributed by atoms with Gasteiger partial charge < -0.3 is 14.6 Å². The second kappa shape index (κ2) is 8.44. The van der Waals surface area contributed by atoms with Gasteiger partial charge in [0.1, 0.15) is 0 Å². The summed E-state index contributed by atoms with van der Waals surface area (Å²) < 4.78 is 2.20. The number of aliphatic carboxylic acids is 1. The molecular weight excluding hydrogens is 286 g/mol. The molecule has 1 rings (SSSR count). The summed E-state index contributed by atoms with van der Waals surface area (Å²) in [5.41, 5.74) is 1.17. The van der Waals surface area contributed by atoms with Crippen LogP contribution in [-0.2, 0) is 4.79 Å². The maximum Gasteiger partial charge on any atom is 0.313 e. The lowest BCUT2D eigenvalue weighted by Crippen LogP contribution is -2.30. The number of carboxylic acid groups (broad SMARTS) is 1. The van der Waals surface area contributed by atoms with Crippen LogP contribution < -0.4 is 0 Å². The summed E-state index contributed by atoms with van der Waals surface area (Å²) in [7, 11) is 0. The standard InChI is InChI=1S/C15H27N3O2S/c1-6-17(7-2)9-12(5)18-13(11(3)4)8-16-15(18)21-10-14(19)20/h8,11-12H,6-7,9-10H2,1-5H3,(H,19,20). The Morgan fingerprint density at radius 1 is 1.38 bits per heavy atom. The summed E-state index contributed by atoms with van der Waals surface area (Å²) >= 11 is 1.30. The van der Waals surface area contributed by atoms with Gasteiger partial charge in [-0.3, -0.25) is 4.79 Å². The third kappa shape index (κ3) is 5.04. The van der Waals surface area contributed by atoms with Gasteiger partial charge in [-0.15, -0.1) is 0 Å². The number of nitrogens with zero attached hydrogens (tertiary/aromatic N) is 3. The van der Waals surface area contributed by atoms with E-state index in [1.54, 1.807) is 0 Å². The van der Waals surface area contributed by atoms with Crippen molar-refractivity contribution >= 4 is 17.7 Å². The molecule has 0 aliphatic rings. The normalized spacial score (nSPS) is 13.1. The van der Waals surface area contributed by atoms with Crippen molar-refractivity contribution in [3.8, 4) is 0 Å². The molecule has 0 amide bonds. The lowest BCUT2D eigenvalue weighted by molar-refractivity contribution is -0.133. The van der Waals surface area contributed by atoms with Gasteiger partial charge in [0, 0.05) is 24.5 Å². The first-order valence-electron chi connectivity index (χ1n) is 7.54. The van der Waals surface area contributed by atoms with Crippen molar-refractivity contribution in [1.29, 1.82) is 0 Å². The Hall–Kier alpha value is -1.01. The van der Waals surface area contributed by atoms with Crippen LogP contribution in [0.3, 0.4) is 0 Å². The predicted molar refractivity (Wildman–Crippen MR) is 87.2 cm³/mol. The molecule has 1 N–H and O–H groups in total. The highest BCUT2D eigenvalue weighted by Gasteiger charge is 2.20. The number of rotatable bonds is 9. The van der Waals surface area contributed by atoms with Crippen LogP contribution in [0.4, 0.5) is 0 Å². The van der Waals surface area contributed by atoms with Gasteiger partial charge in [-0.1, -0.05) is 39.5 Å². The van der Waals surface area contributed by atoms with E-state index in [1.165, 1.54) is 17.5 Å². The fourth-order valence-corrected chi connectivity index (χ4v) is 3.20. The smallest absolute Gasteiger partial charge is 0.313 e. The molecule has 1 heterocycles. The zero-order valence-electron chi connectivity index (χ0n) is 13.7. The Bertz CT molecular complexity index is 456. The Kier molecular flexibility index (Phi) is 7.25. The molecule has 1 atom stereocenters. The highest BCUT2D eigenvalue weighted by molar-refractivity contribution is 7.99. The van der Waals surface area contributed by atoms with Crippen LogP contribution in [-0.4, -0.2) is 50.9 Å². The van der Waals surface area contributed by atoms with Crippen molar-refractivity contribution in [1.82, 2.24) is 14.5 Å². The van der Waals surface area contributed by atoms with Crippen LogP contribution >= 0.6 is 11.8 Å². The lowest BCUT2D eigenvalue weighted by atomic mass is 10.1. The zero-order valence-corrected chi connectivity index (χ0v) is 14.5. The first kappa shape index (κ1) is 18.0. The summed E-state index contributed by atoms with van der Waals surface area (Å²) in [6, 6.07) is 0.279. The average Bonchev–Trinajstić information content (AvgIpc) is 2.86. The number of hydrogen-bond acceptors (Lipinski definition) is 4. The van der Waals surface area contributed by atoms with Crippen molar-refractivity contribution in [3.05, 3.63) is 11.9 Å². The van der Waals surface area contributed by atoms with E-state index in [1.807, 2.05) is 6.20 Å². The Balaban J connectivity index is 2.99. The molecule has 0 bridgehead atoms. The minimum atomic E-state index is -0.808. The second-order valence-corrected chi connectivity index (χ2v) is 6.45. The van der Waals surface area contributed by atoms with E-state index < -0.39 is 5.97 Å². The summed E-state index contributed by atoms with van der Waals surface area (Å²) in [5.74, 6) is -0.389. The monoisotopic (exact) mass is 313 g/mol. The summed E-state index contributed by atoms with van der Waals surface area (Å²) in [5, 5.41) is 9.68. The van der Waals surface area contributed by atoms with E-state index in [0.29, 0.717) is 5.92 Å². The van der Waals surface area contributed by atoms with Gasteiger partial charge >= 0.3 is 5.97 Å². The lowest BCUT2D eigenvalue weighted by Gasteiger charge is -2.26. The number of carbonyl (C=O) groups is 1. The summed E-state index contributed by atoms with van der Waals surface area (Å²) in [4.78, 5) is 17.6. The molecule has 5 nitrogen and oxygen atoms in total. The number of aromatic nitrogens is 2. The molecule has 0 saturated heterocycles. The fourth-order valence-electron chi connectivity index (χ4n) is 2.40. The van der Waals surface area contributed by atoms with Gasteiger partial charge in [0.25, 0.3) is 0 Å².